The van der Waals surface area contributed by atoms with Gasteiger partial charge in [0.2, 0.25) is 0 Å². The van der Waals surface area contributed by atoms with E-state index in [0.717, 1.165) is 32.7 Å². The van der Waals surface area contributed by atoms with Crippen molar-refractivity contribution in [1.82, 2.24) is 9.88 Å². The third-order valence-electron chi connectivity index (χ3n) is 2.21. The van der Waals surface area contributed by atoms with Gasteiger partial charge in [-0.1, -0.05) is 0 Å². The van der Waals surface area contributed by atoms with Crippen LogP contribution < -0.4 is 10.9 Å². The number of pyridine rings is 1. The molecule has 0 bridgehead atoms. The lowest BCUT2D eigenvalue weighted by molar-refractivity contribution is 0.199. The summed E-state index contributed by atoms with van der Waals surface area (Å²) >= 11 is 3.22. The van der Waals surface area contributed by atoms with Gasteiger partial charge in [0, 0.05) is 26.4 Å². The number of rotatable bonds is 7. The molecule has 90 valence electrons. The van der Waals surface area contributed by atoms with Crippen LogP contribution in [0.3, 0.4) is 0 Å². The molecule has 0 radical (unpaired) electrons. The summed E-state index contributed by atoms with van der Waals surface area (Å²) in [6.45, 7) is 3.20. The molecular weight excluding hydrogens is 272 g/mol. The number of nitrogens with one attached hydrogen (secondary N) is 1. The predicted molar refractivity (Wildman–Crippen MR) is 67.8 cm³/mol. The first kappa shape index (κ1) is 13.4. The number of aromatic nitrogens is 1. The highest BCUT2D eigenvalue weighted by atomic mass is 79.9. The predicted octanol–water partition coefficient (Wildman–Crippen LogP) is 1.24. The minimum atomic E-state index is 0.0272. The quantitative estimate of drug-likeness (QED) is 0.768. The highest BCUT2D eigenvalue weighted by Gasteiger charge is 1.98. The van der Waals surface area contributed by atoms with E-state index in [9.17, 15) is 4.79 Å². The minimum absolute atomic E-state index is 0.0272. The van der Waals surface area contributed by atoms with Gasteiger partial charge in [0.25, 0.3) is 5.56 Å². The fraction of sp³-hybridized carbons (Fsp3) is 0.545. The van der Waals surface area contributed by atoms with E-state index in [1.807, 2.05) is 12.3 Å². The number of hydrogen-bond donors (Lipinski definition) is 1. The Balaban J connectivity index is 2.27. The van der Waals surface area contributed by atoms with Crippen molar-refractivity contribution in [2.24, 2.45) is 0 Å². The molecule has 0 aliphatic carbocycles. The van der Waals surface area contributed by atoms with Gasteiger partial charge in [-0.15, -0.1) is 0 Å². The van der Waals surface area contributed by atoms with Gasteiger partial charge >= 0.3 is 0 Å². The van der Waals surface area contributed by atoms with Gasteiger partial charge in [-0.25, -0.2) is 0 Å². The van der Waals surface area contributed by atoms with E-state index in [0.29, 0.717) is 4.47 Å². The molecule has 0 saturated heterocycles. The Morgan fingerprint density at radius 1 is 1.50 bits per heavy atom. The van der Waals surface area contributed by atoms with E-state index in [2.05, 4.69) is 21.2 Å². The van der Waals surface area contributed by atoms with E-state index >= 15 is 0 Å². The fourth-order valence-electron chi connectivity index (χ4n) is 1.36. The number of hydrogen-bond acceptors (Lipinski definition) is 3. The lowest BCUT2D eigenvalue weighted by Crippen LogP contribution is -2.24. The van der Waals surface area contributed by atoms with Gasteiger partial charge in [0.1, 0.15) is 0 Å². The summed E-state index contributed by atoms with van der Waals surface area (Å²) in [5.41, 5.74) is 0.0272. The summed E-state index contributed by atoms with van der Waals surface area (Å²) < 4.78 is 7.24. The average molecular weight is 289 g/mol. The normalized spacial score (nSPS) is 10.6. The second-order valence-corrected chi connectivity index (χ2v) is 4.31. The maximum atomic E-state index is 11.6. The molecule has 0 amide bonds. The average Bonchev–Trinajstić information content (AvgIpc) is 2.29. The van der Waals surface area contributed by atoms with Crippen LogP contribution in [-0.2, 0) is 11.3 Å². The second-order valence-electron chi connectivity index (χ2n) is 3.45. The highest BCUT2D eigenvalue weighted by Crippen LogP contribution is 2.00. The zero-order chi connectivity index (χ0) is 11.8. The smallest absolute Gasteiger partial charge is 0.264 e. The fourth-order valence-corrected chi connectivity index (χ4v) is 1.74. The van der Waals surface area contributed by atoms with E-state index in [4.69, 9.17) is 4.74 Å². The molecule has 0 aliphatic rings. The molecule has 1 aromatic rings. The van der Waals surface area contributed by atoms with Crippen molar-refractivity contribution >= 4 is 15.9 Å². The SMILES string of the molecule is COCCNCCCn1cccc(Br)c1=O. The largest absolute Gasteiger partial charge is 0.383 e. The van der Waals surface area contributed by atoms with Crippen LogP contribution in [0, 0.1) is 0 Å². The molecule has 0 saturated carbocycles. The first-order valence-electron chi connectivity index (χ1n) is 5.30. The lowest BCUT2D eigenvalue weighted by atomic mass is 10.4. The summed E-state index contributed by atoms with van der Waals surface area (Å²) in [6, 6.07) is 3.62. The van der Waals surface area contributed by atoms with Crippen LogP contribution in [0.5, 0.6) is 0 Å². The zero-order valence-corrected chi connectivity index (χ0v) is 11.0. The summed E-state index contributed by atoms with van der Waals surface area (Å²) in [5.74, 6) is 0. The van der Waals surface area contributed by atoms with Crippen LogP contribution in [0.4, 0.5) is 0 Å². The Hall–Kier alpha value is -0.650. The van der Waals surface area contributed by atoms with Crippen LogP contribution in [0.1, 0.15) is 6.42 Å². The van der Waals surface area contributed by atoms with Gasteiger partial charge in [-0.2, -0.15) is 0 Å². The third-order valence-corrected chi connectivity index (χ3v) is 2.81. The van der Waals surface area contributed by atoms with Gasteiger partial charge in [0.15, 0.2) is 0 Å². The Kier molecular flexibility index (Phi) is 6.37. The van der Waals surface area contributed by atoms with Crippen molar-refractivity contribution in [1.29, 1.82) is 0 Å². The molecule has 0 spiro atoms. The van der Waals surface area contributed by atoms with Gasteiger partial charge in [-0.05, 0) is 41.0 Å². The third kappa shape index (κ3) is 4.47. The molecule has 0 fully saturated rings. The first-order chi connectivity index (χ1) is 7.75. The van der Waals surface area contributed by atoms with Crippen molar-refractivity contribution in [2.75, 3.05) is 26.8 Å². The van der Waals surface area contributed by atoms with Crippen molar-refractivity contribution in [3.05, 3.63) is 33.2 Å². The molecule has 0 aromatic carbocycles. The molecule has 5 heteroatoms. The molecule has 1 N–H and O–H groups in total. The molecule has 4 nitrogen and oxygen atoms in total. The zero-order valence-electron chi connectivity index (χ0n) is 9.41. The molecule has 1 heterocycles. The number of methoxy groups -OCH3 is 1. The number of halogens is 1. The molecule has 0 unspecified atom stereocenters. The van der Waals surface area contributed by atoms with Crippen LogP contribution in [-0.4, -0.2) is 31.4 Å². The highest BCUT2D eigenvalue weighted by molar-refractivity contribution is 9.10. The van der Waals surface area contributed by atoms with Crippen molar-refractivity contribution < 1.29 is 4.74 Å². The van der Waals surface area contributed by atoms with Crippen LogP contribution >= 0.6 is 15.9 Å². The molecular formula is C11H17BrN2O2. The summed E-state index contributed by atoms with van der Waals surface area (Å²) in [6.07, 6.45) is 2.74. The molecule has 0 aliphatic heterocycles. The van der Waals surface area contributed by atoms with Crippen molar-refractivity contribution in [2.45, 2.75) is 13.0 Å². The topological polar surface area (TPSA) is 43.3 Å². The number of aryl methyl sites for hydroxylation is 1. The molecule has 1 aromatic heterocycles. The van der Waals surface area contributed by atoms with E-state index in [1.165, 1.54) is 0 Å². The Morgan fingerprint density at radius 2 is 2.31 bits per heavy atom. The maximum absolute atomic E-state index is 11.6. The van der Waals surface area contributed by atoms with Crippen molar-refractivity contribution in [3.63, 3.8) is 0 Å². The summed E-state index contributed by atoms with van der Waals surface area (Å²) in [5, 5.41) is 3.24. The Bertz CT molecular complexity index is 365. The first-order valence-corrected chi connectivity index (χ1v) is 6.09. The maximum Gasteiger partial charge on any atom is 0.264 e. The van der Waals surface area contributed by atoms with E-state index < -0.39 is 0 Å². The molecule has 1 rings (SSSR count). The summed E-state index contributed by atoms with van der Waals surface area (Å²) in [4.78, 5) is 11.6. The van der Waals surface area contributed by atoms with Gasteiger partial charge in [0.05, 0.1) is 11.1 Å². The lowest BCUT2D eigenvalue weighted by Gasteiger charge is -2.06. The summed E-state index contributed by atoms with van der Waals surface area (Å²) in [7, 11) is 1.68. The standard InChI is InChI=1S/C11H17BrN2O2/c1-16-9-6-13-5-3-8-14-7-2-4-10(12)11(14)15/h2,4,7,13H,3,5-6,8-9H2,1H3. The van der Waals surface area contributed by atoms with Crippen LogP contribution in [0.2, 0.25) is 0 Å². The van der Waals surface area contributed by atoms with E-state index in [-0.39, 0.29) is 5.56 Å². The van der Waals surface area contributed by atoms with Crippen LogP contribution in [0.25, 0.3) is 0 Å². The van der Waals surface area contributed by atoms with Crippen LogP contribution in [0.15, 0.2) is 27.6 Å². The van der Waals surface area contributed by atoms with Crippen molar-refractivity contribution in [3.8, 4) is 0 Å². The Morgan fingerprint density at radius 3 is 3.06 bits per heavy atom. The van der Waals surface area contributed by atoms with Gasteiger partial charge < -0.3 is 14.6 Å². The minimum Gasteiger partial charge on any atom is -0.383 e. The number of nitrogens with zero attached hydrogens (tertiary/aromatic N) is 1. The molecule has 16 heavy (non-hydrogen) atoms. The number of ether oxygens (including phenoxy) is 1. The Labute approximate surface area is 104 Å². The van der Waals surface area contributed by atoms with Gasteiger partial charge in [-0.3, -0.25) is 4.79 Å². The molecule has 0 atom stereocenters. The second kappa shape index (κ2) is 7.60. The monoisotopic (exact) mass is 288 g/mol. The van der Waals surface area contributed by atoms with E-state index in [1.54, 1.807) is 17.7 Å².